The van der Waals surface area contributed by atoms with E-state index in [0.29, 0.717) is 5.69 Å². The van der Waals surface area contributed by atoms with E-state index in [1.807, 2.05) is 18.2 Å². The number of aromatic nitrogens is 2. The number of nitrogens with two attached hydrogens (primary N) is 3. The Hall–Kier alpha value is -2.08. The van der Waals surface area contributed by atoms with E-state index in [9.17, 15) is 0 Å². The van der Waals surface area contributed by atoms with Gasteiger partial charge >= 0.3 is 0 Å². The Bertz CT molecular complexity index is 591. The number of hydrogen-bond acceptors (Lipinski definition) is 6. The highest BCUT2D eigenvalue weighted by Gasteiger charge is 2.22. The summed E-state index contributed by atoms with van der Waals surface area (Å²) in [5.74, 6) is 1.12. The highest BCUT2D eigenvalue weighted by molar-refractivity contribution is 5.92. The normalized spacial score (nSPS) is 19.6. The summed E-state index contributed by atoms with van der Waals surface area (Å²) in [7, 11) is 0. The minimum atomic E-state index is 0.199. The third kappa shape index (κ3) is 1.80. The van der Waals surface area contributed by atoms with Gasteiger partial charge in [0.1, 0.15) is 5.82 Å². The molecule has 94 valence electrons. The van der Waals surface area contributed by atoms with Crippen LogP contribution in [0.5, 0.6) is 0 Å². The fourth-order valence-electron chi connectivity index (χ4n) is 2.37. The van der Waals surface area contributed by atoms with E-state index < -0.39 is 0 Å². The molecule has 3 rings (SSSR count). The van der Waals surface area contributed by atoms with Crippen molar-refractivity contribution in [2.24, 2.45) is 5.73 Å². The van der Waals surface area contributed by atoms with Gasteiger partial charge < -0.3 is 22.1 Å². The molecule has 0 radical (unpaired) electrons. The SMILES string of the molecule is Nc1ccc2c(N3CCC(N)C3)nc(N)nc2c1. The molecule has 6 heteroatoms. The molecule has 0 aliphatic carbocycles. The van der Waals surface area contributed by atoms with Crippen molar-refractivity contribution in [1.29, 1.82) is 0 Å². The van der Waals surface area contributed by atoms with Crippen LogP contribution in [0.3, 0.4) is 0 Å². The molecule has 1 saturated heterocycles. The Labute approximate surface area is 105 Å². The van der Waals surface area contributed by atoms with Crippen LogP contribution in [0.15, 0.2) is 18.2 Å². The summed E-state index contributed by atoms with van der Waals surface area (Å²) in [5, 5.41) is 0.965. The molecule has 2 aromatic rings. The molecule has 0 bridgehead atoms. The van der Waals surface area contributed by atoms with E-state index in [4.69, 9.17) is 17.2 Å². The van der Waals surface area contributed by atoms with Crippen molar-refractivity contribution < 1.29 is 0 Å². The summed E-state index contributed by atoms with van der Waals surface area (Å²) in [6.07, 6.45) is 0.973. The second-order valence-corrected chi connectivity index (χ2v) is 4.68. The van der Waals surface area contributed by atoms with Crippen LogP contribution in [0.1, 0.15) is 6.42 Å². The van der Waals surface area contributed by atoms with Crippen LogP contribution in [0, 0.1) is 0 Å². The van der Waals surface area contributed by atoms with Crippen molar-refractivity contribution in [2.45, 2.75) is 12.5 Å². The van der Waals surface area contributed by atoms with Crippen LogP contribution in [-0.2, 0) is 0 Å². The average Bonchev–Trinajstić information content (AvgIpc) is 2.74. The van der Waals surface area contributed by atoms with E-state index in [-0.39, 0.29) is 12.0 Å². The third-order valence-corrected chi connectivity index (χ3v) is 3.24. The molecule has 1 fully saturated rings. The van der Waals surface area contributed by atoms with Crippen LogP contribution in [0.2, 0.25) is 0 Å². The van der Waals surface area contributed by atoms with Gasteiger partial charge in [0, 0.05) is 30.2 Å². The molecule has 1 aliphatic heterocycles. The molecule has 1 atom stereocenters. The number of hydrogen-bond donors (Lipinski definition) is 3. The molecule has 18 heavy (non-hydrogen) atoms. The lowest BCUT2D eigenvalue weighted by Gasteiger charge is -2.19. The maximum atomic E-state index is 5.93. The predicted molar refractivity (Wildman–Crippen MR) is 73.2 cm³/mol. The number of nitrogen functional groups attached to an aromatic ring is 2. The van der Waals surface area contributed by atoms with Gasteiger partial charge in [-0.25, -0.2) is 4.98 Å². The smallest absolute Gasteiger partial charge is 0.222 e. The number of nitrogens with zero attached hydrogens (tertiary/aromatic N) is 3. The fraction of sp³-hybridized carbons (Fsp3) is 0.333. The lowest BCUT2D eigenvalue weighted by atomic mass is 10.2. The van der Waals surface area contributed by atoms with Gasteiger partial charge in [-0.3, -0.25) is 0 Å². The van der Waals surface area contributed by atoms with E-state index in [2.05, 4.69) is 14.9 Å². The highest BCUT2D eigenvalue weighted by atomic mass is 15.2. The van der Waals surface area contributed by atoms with Crippen LogP contribution >= 0.6 is 0 Å². The molecule has 0 saturated carbocycles. The zero-order valence-electron chi connectivity index (χ0n) is 10.0. The second kappa shape index (κ2) is 3.99. The summed E-state index contributed by atoms with van der Waals surface area (Å²) < 4.78 is 0. The van der Waals surface area contributed by atoms with Gasteiger partial charge in [0.25, 0.3) is 0 Å². The van der Waals surface area contributed by atoms with Crippen LogP contribution < -0.4 is 22.1 Å². The summed E-state index contributed by atoms with van der Waals surface area (Å²) in [6, 6.07) is 5.79. The van der Waals surface area contributed by atoms with Gasteiger partial charge in [-0.15, -0.1) is 0 Å². The first-order valence-electron chi connectivity index (χ1n) is 5.97. The maximum Gasteiger partial charge on any atom is 0.222 e. The summed E-state index contributed by atoms with van der Waals surface area (Å²) >= 11 is 0. The highest BCUT2D eigenvalue weighted by Crippen LogP contribution is 2.28. The molecular weight excluding hydrogens is 228 g/mol. The lowest BCUT2D eigenvalue weighted by molar-refractivity contribution is 0.751. The topological polar surface area (TPSA) is 107 Å². The third-order valence-electron chi connectivity index (χ3n) is 3.24. The van der Waals surface area contributed by atoms with E-state index in [0.717, 1.165) is 36.2 Å². The van der Waals surface area contributed by atoms with Crippen LogP contribution in [0.4, 0.5) is 17.5 Å². The Balaban J connectivity index is 2.15. The molecule has 0 amide bonds. The molecule has 1 aliphatic rings. The zero-order chi connectivity index (χ0) is 12.7. The number of anilines is 3. The first-order chi connectivity index (χ1) is 8.63. The summed E-state index contributed by atoms with van der Waals surface area (Å²) in [6.45, 7) is 1.70. The van der Waals surface area contributed by atoms with E-state index in [1.165, 1.54) is 0 Å². The first kappa shape index (κ1) is 11.0. The van der Waals surface area contributed by atoms with Crippen LogP contribution in [-0.4, -0.2) is 29.1 Å². The maximum absolute atomic E-state index is 5.93. The van der Waals surface area contributed by atoms with Gasteiger partial charge in [-0.05, 0) is 24.6 Å². The van der Waals surface area contributed by atoms with Crippen molar-refractivity contribution in [3.05, 3.63) is 18.2 Å². The standard InChI is InChI=1S/C12H16N6/c13-7-1-2-9-10(5-7)16-12(15)17-11(9)18-4-3-8(14)6-18/h1-2,5,8H,3-4,6,13-14H2,(H2,15,16,17). The number of benzene rings is 1. The number of rotatable bonds is 1. The largest absolute Gasteiger partial charge is 0.399 e. The lowest BCUT2D eigenvalue weighted by Crippen LogP contribution is -2.27. The van der Waals surface area contributed by atoms with Crippen molar-refractivity contribution in [2.75, 3.05) is 29.5 Å². The predicted octanol–water partition coefficient (Wildman–Crippen LogP) is 0.332. The van der Waals surface area contributed by atoms with Gasteiger partial charge in [0.15, 0.2) is 0 Å². The van der Waals surface area contributed by atoms with Crippen LogP contribution in [0.25, 0.3) is 10.9 Å². The van der Waals surface area contributed by atoms with Gasteiger partial charge in [-0.2, -0.15) is 4.98 Å². The van der Waals surface area contributed by atoms with Crippen molar-refractivity contribution in [1.82, 2.24) is 9.97 Å². The van der Waals surface area contributed by atoms with E-state index >= 15 is 0 Å². The Morgan fingerprint density at radius 2 is 2.06 bits per heavy atom. The quantitative estimate of drug-likeness (QED) is 0.624. The van der Waals surface area contributed by atoms with Gasteiger partial charge in [-0.1, -0.05) is 0 Å². The molecule has 1 aromatic heterocycles. The average molecular weight is 244 g/mol. The molecule has 1 aromatic carbocycles. The minimum absolute atomic E-state index is 0.199. The monoisotopic (exact) mass is 244 g/mol. The molecule has 6 nitrogen and oxygen atoms in total. The molecule has 1 unspecified atom stereocenters. The Morgan fingerprint density at radius 3 is 2.78 bits per heavy atom. The zero-order valence-corrected chi connectivity index (χ0v) is 10.0. The molecule has 0 spiro atoms. The Kier molecular flexibility index (Phi) is 2.45. The number of fused-ring (bicyclic) bond motifs is 1. The van der Waals surface area contributed by atoms with Crippen molar-refractivity contribution in [3.63, 3.8) is 0 Å². The van der Waals surface area contributed by atoms with Gasteiger partial charge in [0.2, 0.25) is 5.95 Å². The second-order valence-electron chi connectivity index (χ2n) is 4.68. The summed E-state index contributed by atoms with van der Waals surface area (Å²) in [4.78, 5) is 10.7. The molecule has 2 heterocycles. The van der Waals surface area contributed by atoms with E-state index in [1.54, 1.807) is 0 Å². The summed E-state index contributed by atoms with van der Waals surface area (Å²) in [5.41, 5.74) is 18.9. The fourth-order valence-corrected chi connectivity index (χ4v) is 2.37. The first-order valence-corrected chi connectivity index (χ1v) is 5.97. The van der Waals surface area contributed by atoms with Crippen molar-refractivity contribution in [3.8, 4) is 0 Å². The minimum Gasteiger partial charge on any atom is -0.399 e. The molecule has 6 N–H and O–H groups in total. The van der Waals surface area contributed by atoms with Gasteiger partial charge in [0.05, 0.1) is 5.52 Å². The Morgan fingerprint density at radius 1 is 1.22 bits per heavy atom. The molecular formula is C12H16N6. The van der Waals surface area contributed by atoms with Crippen molar-refractivity contribution >= 4 is 28.4 Å².